The van der Waals surface area contributed by atoms with Crippen LogP contribution in [0.25, 0.3) is 0 Å². The maximum Gasteiger partial charge on any atom is 0.346 e. The van der Waals surface area contributed by atoms with Crippen molar-refractivity contribution in [3.05, 3.63) is 6.33 Å². The summed E-state index contributed by atoms with van der Waals surface area (Å²) < 4.78 is 23.9. The Kier molecular flexibility index (Phi) is 4.44. The second-order valence-electron chi connectivity index (χ2n) is 3.38. The molecule has 0 spiro atoms. The number of amides is 1. The van der Waals surface area contributed by atoms with Gasteiger partial charge in [0.25, 0.3) is 5.16 Å². The molecule has 0 saturated carbocycles. The lowest BCUT2D eigenvalue weighted by molar-refractivity contribution is 0.204. The van der Waals surface area contributed by atoms with Crippen molar-refractivity contribution in [2.75, 3.05) is 18.8 Å². The van der Waals surface area contributed by atoms with E-state index in [9.17, 15) is 13.2 Å². The lowest BCUT2D eigenvalue weighted by atomic mass is 10.5. The van der Waals surface area contributed by atoms with Gasteiger partial charge in [-0.15, -0.1) is 11.5 Å². The fourth-order valence-electron chi connectivity index (χ4n) is 1.18. The number of terminal acetylenes is 1. The van der Waals surface area contributed by atoms with E-state index in [2.05, 4.69) is 16.0 Å². The van der Waals surface area contributed by atoms with Crippen molar-refractivity contribution in [2.24, 2.45) is 0 Å². The van der Waals surface area contributed by atoms with Gasteiger partial charge in [-0.25, -0.2) is 18.2 Å². The number of aromatic nitrogens is 3. The molecular weight excluding hydrogens is 256 g/mol. The average Bonchev–Trinajstić information content (AvgIpc) is 2.85. The molecule has 18 heavy (non-hydrogen) atoms. The van der Waals surface area contributed by atoms with Gasteiger partial charge in [-0.1, -0.05) is 12.8 Å². The predicted molar refractivity (Wildman–Crippen MR) is 64.6 cm³/mol. The summed E-state index contributed by atoms with van der Waals surface area (Å²) in [4.78, 5) is 16.9. The number of carbonyl (C=O) groups is 1. The van der Waals surface area contributed by atoms with Gasteiger partial charge in [-0.2, -0.15) is 4.68 Å². The minimum atomic E-state index is -3.51. The normalized spacial score (nSPS) is 10.9. The first-order valence-corrected chi connectivity index (χ1v) is 6.98. The third-order valence-corrected chi connectivity index (χ3v) is 3.76. The molecular formula is C10H14N4O3S. The zero-order valence-electron chi connectivity index (χ0n) is 10.2. The zero-order valence-corrected chi connectivity index (χ0v) is 11.0. The standard InChI is InChI=1S/C10H14N4O3S/c1-4-7-13(5-2)10(15)14-8-11-9(12-14)18(16,17)6-3/h1,8H,5-7H2,2-3H3. The van der Waals surface area contributed by atoms with E-state index in [0.29, 0.717) is 6.54 Å². The highest BCUT2D eigenvalue weighted by molar-refractivity contribution is 7.91. The number of sulfone groups is 1. The van der Waals surface area contributed by atoms with Crippen LogP contribution < -0.4 is 0 Å². The number of hydrogen-bond donors (Lipinski definition) is 0. The number of carbonyl (C=O) groups excluding carboxylic acids is 1. The Hall–Kier alpha value is -1.88. The van der Waals surface area contributed by atoms with Crippen molar-refractivity contribution in [3.8, 4) is 12.3 Å². The lowest BCUT2D eigenvalue weighted by Crippen LogP contribution is -2.35. The third kappa shape index (κ3) is 2.87. The maximum atomic E-state index is 11.9. The second-order valence-corrected chi connectivity index (χ2v) is 5.55. The van der Waals surface area contributed by atoms with E-state index in [-0.39, 0.29) is 17.5 Å². The Morgan fingerprint density at radius 1 is 1.56 bits per heavy atom. The molecule has 1 aromatic heterocycles. The van der Waals surface area contributed by atoms with Gasteiger partial charge in [0, 0.05) is 6.54 Å². The van der Waals surface area contributed by atoms with Crippen LogP contribution in [0.2, 0.25) is 0 Å². The molecule has 0 fully saturated rings. The Labute approximate surface area is 106 Å². The molecule has 98 valence electrons. The number of rotatable bonds is 4. The summed E-state index contributed by atoms with van der Waals surface area (Å²) in [6.45, 7) is 3.77. The highest BCUT2D eigenvalue weighted by atomic mass is 32.2. The first-order valence-electron chi connectivity index (χ1n) is 5.33. The smallest absolute Gasteiger partial charge is 0.312 e. The molecule has 0 aliphatic carbocycles. The van der Waals surface area contributed by atoms with Crippen LogP contribution in [-0.4, -0.2) is 53.0 Å². The zero-order chi connectivity index (χ0) is 13.8. The Balaban J connectivity index is 3.00. The molecule has 0 aromatic carbocycles. The van der Waals surface area contributed by atoms with E-state index in [4.69, 9.17) is 6.42 Å². The Morgan fingerprint density at radius 2 is 2.22 bits per heavy atom. The van der Waals surface area contributed by atoms with Crippen LogP contribution in [-0.2, 0) is 9.84 Å². The van der Waals surface area contributed by atoms with Crippen molar-refractivity contribution < 1.29 is 13.2 Å². The van der Waals surface area contributed by atoms with Gasteiger partial charge < -0.3 is 4.90 Å². The monoisotopic (exact) mass is 270 g/mol. The molecule has 0 bridgehead atoms. The Bertz CT molecular complexity index is 570. The molecule has 0 aliphatic heterocycles. The molecule has 0 aliphatic rings. The van der Waals surface area contributed by atoms with Gasteiger partial charge in [0.2, 0.25) is 9.84 Å². The molecule has 7 nitrogen and oxygen atoms in total. The Morgan fingerprint density at radius 3 is 2.72 bits per heavy atom. The van der Waals surface area contributed by atoms with Crippen molar-refractivity contribution >= 4 is 15.9 Å². The third-order valence-electron chi connectivity index (χ3n) is 2.26. The van der Waals surface area contributed by atoms with Gasteiger partial charge in [-0.05, 0) is 6.92 Å². The number of nitrogens with zero attached hydrogens (tertiary/aromatic N) is 4. The molecule has 1 amide bonds. The first kappa shape index (κ1) is 14.2. The van der Waals surface area contributed by atoms with E-state index >= 15 is 0 Å². The van der Waals surface area contributed by atoms with E-state index in [1.54, 1.807) is 6.92 Å². The summed E-state index contributed by atoms with van der Waals surface area (Å²) in [6.07, 6.45) is 6.21. The van der Waals surface area contributed by atoms with Gasteiger partial charge in [-0.3, -0.25) is 0 Å². The molecule has 1 rings (SSSR count). The molecule has 0 radical (unpaired) electrons. The minimum Gasteiger partial charge on any atom is -0.312 e. The van der Waals surface area contributed by atoms with Crippen LogP contribution in [0.15, 0.2) is 11.5 Å². The summed E-state index contributed by atoms with van der Waals surface area (Å²) in [5, 5.41) is 3.31. The first-order chi connectivity index (χ1) is 8.46. The van der Waals surface area contributed by atoms with E-state index in [1.807, 2.05) is 0 Å². The molecule has 0 N–H and O–H groups in total. The summed E-state index contributed by atoms with van der Waals surface area (Å²) in [5.74, 6) is 2.22. The summed E-state index contributed by atoms with van der Waals surface area (Å²) >= 11 is 0. The van der Waals surface area contributed by atoms with E-state index < -0.39 is 15.9 Å². The highest BCUT2D eigenvalue weighted by Crippen LogP contribution is 2.04. The van der Waals surface area contributed by atoms with Gasteiger partial charge in [0.05, 0.1) is 12.3 Å². The average molecular weight is 270 g/mol. The molecule has 0 saturated heterocycles. The van der Waals surface area contributed by atoms with Gasteiger partial charge >= 0.3 is 6.03 Å². The second kappa shape index (κ2) is 5.64. The van der Waals surface area contributed by atoms with E-state index in [1.165, 1.54) is 11.8 Å². The quantitative estimate of drug-likeness (QED) is 0.719. The molecule has 8 heteroatoms. The van der Waals surface area contributed by atoms with Crippen molar-refractivity contribution in [2.45, 2.75) is 19.0 Å². The van der Waals surface area contributed by atoms with E-state index in [0.717, 1.165) is 11.0 Å². The SMILES string of the molecule is C#CCN(CC)C(=O)n1cnc(S(=O)(=O)CC)n1. The molecule has 1 heterocycles. The summed E-state index contributed by atoms with van der Waals surface area (Å²) in [6, 6.07) is -0.500. The van der Waals surface area contributed by atoms with Crippen molar-refractivity contribution in [1.29, 1.82) is 0 Å². The number of hydrogen-bond acceptors (Lipinski definition) is 5. The highest BCUT2D eigenvalue weighted by Gasteiger charge is 2.21. The van der Waals surface area contributed by atoms with Crippen LogP contribution in [0.3, 0.4) is 0 Å². The largest absolute Gasteiger partial charge is 0.346 e. The fraction of sp³-hybridized carbons (Fsp3) is 0.500. The van der Waals surface area contributed by atoms with Crippen LogP contribution in [0.5, 0.6) is 0 Å². The predicted octanol–water partition coefficient (Wildman–Crippen LogP) is -0.00510. The molecule has 1 aromatic rings. The van der Waals surface area contributed by atoms with Crippen molar-refractivity contribution in [1.82, 2.24) is 19.7 Å². The van der Waals surface area contributed by atoms with Crippen LogP contribution in [0.1, 0.15) is 13.8 Å². The maximum absolute atomic E-state index is 11.9. The fourth-order valence-corrected chi connectivity index (χ4v) is 1.86. The van der Waals surface area contributed by atoms with Crippen LogP contribution >= 0.6 is 0 Å². The topological polar surface area (TPSA) is 85.2 Å². The lowest BCUT2D eigenvalue weighted by Gasteiger charge is -2.16. The van der Waals surface area contributed by atoms with Gasteiger partial charge in [0.1, 0.15) is 6.33 Å². The van der Waals surface area contributed by atoms with Crippen LogP contribution in [0, 0.1) is 12.3 Å². The van der Waals surface area contributed by atoms with Gasteiger partial charge in [0.15, 0.2) is 0 Å². The summed E-state index contributed by atoms with van der Waals surface area (Å²) in [7, 11) is -3.51. The molecule has 0 atom stereocenters. The molecule has 0 unspecified atom stereocenters. The minimum absolute atomic E-state index is 0.118. The summed E-state index contributed by atoms with van der Waals surface area (Å²) in [5.41, 5.74) is 0. The van der Waals surface area contributed by atoms with Crippen molar-refractivity contribution in [3.63, 3.8) is 0 Å². The van der Waals surface area contributed by atoms with Crippen LogP contribution in [0.4, 0.5) is 4.79 Å².